The number of likely N-dealkylation sites (tertiary alicyclic amines) is 1. The van der Waals surface area contributed by atoms with E-state index in [1.54, 1.807) is 4.90 Å². The van der Waals surface area contributed by atoms with Crippen molar-refractivity contribution < 1.29 is 14.7 Å². The van der Waals surface area contributed by atoms with Crippen molar-refractivity contribution in [3.8, 4) is 0 Å². The van der Waals surface area contributed by atoms with Gasteiger partial charge in [-0.05, 0) is 45.1 Å². The molecule has 2 aliphatic heterocycles. The predicted octanol–water partition coefficient (Wildman–Crippen LogP) is 1.62. The molecule has 0 saturated carbocycles. The van der Waals surface area contributed by atoms with E-state index >= 15 is 0 Å². The standard InChI is InChI=1S/C15H26N2O3/c1-2-7-15(8-5-9-16-11-15)14(20)17-10-4-3-6-12(17)13(18)19/h12,16H,2-11H2,1H3,(H,18,19)/t12-,15?/m1/s1. The molecule has 0 aromatic heterocycles. The first-order valence-electron chi connectivity index (χ1n) is 7.85. The molecular formula is C15H26N2O3. The van der Waals surface area contributed by atoms with Gasteiger partial charge in [0.1, 0.15) is 6.04 Å². The second kappa shape index (κ2) is 6.57. The van der Waals surface area contributed by atoms with Gasteiger partial charge in [-0.1, -0.05) is 13.3 Å². The fraction of sp³-hybridized carbons (Fsp3) is 0.867. The molecule has 2 atom stereocenters. The van der Waals surface area contributed by atoms with E-state index < -0.39 is 12.0 Å². The summed E-state index contributed by atoms with van der Waals surface area (Å²) in [5.74, 6) is -0.785. The summed E-state index contributed by atoms with van der Waals surface area (Å²) >= 11 is 0. The lowest BCUT2D eigenvalue weighted by Gasteiger charge is -2.43. The predicted molar refractivity (Wildman–Crippen MR) is 76.4 cm³/mol. The lowest BCUT2D eigenvalue weighted by molar-refractivity contribution is -0.158. The Bertz CT molecular complexity index is 359. The van der Waals surface area contributed by atoms with Crippen molar-refractivity contribution in [2.75, 3.05) is 19.6 Å². The third-order valence-electron chi connectivity index (χ3n) is 4.70. The number of nitrogens with one attached hydrogen (secondary N) is 1. The van der Waals surface area contributed by atoms with Crippen LogP contribution >= 0.6 is 0 Å². The molecule has 2 aliphatic rings. The normalized spacial score (nSPS) is 31.1. The van der Waals surface area contributed by atoms with Gasteiger partial charge >= 0.3 is 5.97 Å². The summed E-state index contributed by atoms with van der Waals surface area (Å²) in [4.78, 5) is 26.1. The minimum absolute atomic E-state index is 0.0682. The Balaban J connectivity index is 2.18. The monoisotopic (exact) mass is 282 g/mol. The van der Waals surface area contributed by atoms with Crippen LogP contribution < -0.4 is 5.32 Å². The smallest absolute Gasteiger partial charge is 0.326 e. The average molecular weight is 282 g/mol. The van der Waals surface area contributed by atoms with Gasteiger partial charge in [-0.25, -0.2) is 4.79 Å². The Hall–Kier alpha value is -1.10. The molecule has 5 heteroatoms. The van der Waals surface area contributed by atoms with Crippen LogP contribution in [0.5, 0.6) is 0 Å². The number of carboxylic acid groups (broad SMARTS) is 1. The van der Waals surface area contributed by atoms with Crippen molar-refractivity contribution in [3.63, 3.8) is 0 Å². The highest BCUT2D eigenvalue weighted by molar-refractivity contribution is 5.88. The number of amides is 1. The van der Waals surface area contributed by atoms with E-state index in [1.807, 2.05) is 0 Å². The van der Waals surface area contributed by atoms with Crippen LogP contribution in [0.2, 0.25) is 0 Å². The minimum atomic E-state index is -0.853. The summed E-state index contributed by atoms with van der Waals surface area (Å²) in [6, 6.07) is -0.619. The van der Waals surface area contributed by atoms with Gasteiger partial charge in [0.2, 0.25) is 5.91 Å². The first-order valence-corrected chi connectivity index (χ1v) is 7.85. The molecule has 0 aromatic carbocycles. The van der Waals surface area contributed by atoms with Gasteiger partial charge in [-0.2, -0.15) is 0 Å². The zero-order chi connectivity index (χ0) is 14.6. The number of rotatable bonds is 4. The molecule has 20 heavy (non-hydrogen) atoms. The fourth-order valence-corrected chi connectivity index (χ4v) is 3.69. The van der Waals surface area contributed by atoms with Crippen LogP contribution in [-0.4, -0.2) is 47.6 Å². The molecule has 2 N–H and O–H groups in total. The SMILES string of the molecule is CCCC1(C(=O)N2CCCC[C@@H]2C(=O)O)CCCNC1. The van der Waals surface area contributed by atoms with E-state index in [1.165, 1.54) is 0 Å². The number of carbonyl (C=O) groups excluding carboxylic acids is 1. The highest BCUT2D eigenvalue weighted by atomic mass is 16.4. The third kappa shape index (κ3) is 2.97. The first kappa shape index (κ1) is 15.3. The molecule has 2 heterocycles. The van der Waals surface area contributed by atoms with Crippen LogP contribution in [0.25, 0.3) is 0 Å². The summed E-state index contributed by atoms with van der Waals surface area (Å²) in [6.45, 7) is 4.35. The van der Waals surface area contributed by atoms with Gasteiger partial charge in [0.15, 0.2) is 0 Å². The molecule has 2 rings (SSSR count). The van der Waals surface area contributed by atoms with Crippen LogP contribution in [0.4, 0.5) is 0 Å². The first-order chi connectivity index (χ1) is 9.60. The lowest BCUT2D eigenvalue weighted by atomic mass is 9.75. The minimum Gasteiger partial charge on any atom is -0.480 e. The maximum absolute atomic E-state index is 13.0. The number of carbonyl (C=O) groups is 2. The molecule has 2 fully saturated rings. The Kier molecular flexibility index (Phi) is 5.02. The van der Waals surface area contributed by atoms with Crippen molar-refractivity contribution in [2.45, 2.75) is 57.9 Å². The lowest BCUT2D eigenvalue weighted by Crippen LogP contribution is -2.57. The summed E-state index contributed by atoms with van der Waals surface area (Å²) in [6.07, 6.45) is 6.11. The molecule has 0 bridgehead atoms. The summed E-state index contributed by atoms with van der Waals surface area (Å²) < 4.78 is 0. The maximum atomic E-state index is 13.0. The van der Waals surface area contributed by atoms with Crippen molar-refractivity contribution in [3.05, 3.63) is 0 Å². The Morgan fingerprint density at radius 1 is 1.35 bits per heavy atom. The Morgan fingerprint density at radius 3 is 2.75 bits per heavy atom. The second-order valence-corrected chi connectivity index (χ2v) is 6.16. The molecule has 114 valence electrons. The largest absolute Gasteiger partial charge is 0.480 e. The number of carboxylic acids is 1. The number of hydrogen-bond donors (Lipinski definition) is 2. The van der Waals surface area contributed by atoms with Gasteiger partial charge in [0.05, 0.1) is 5.41 Å². The maximum Gasteiger partial charge on any atom is 0.326 e. The van der Waals surface area contributed by atoms with Crippen molar-refractivity contribution in [2.24, 2.45) is 5.41 Å². The molecule has 0 spiro atoms. The highest BCUT2D eigenvalue weighted by Gasteiger charge is 2.44. The number of piperidine rings is 2. The Labute approximate surface area is 120 Å². The van der Waals surface area contributed by atoms with Crippen LogP contribution in [0.3, 0.4) is 0 Å². The third-order valence-corrected chi connectivity index (χ3v) is 4.70. The average Bonchev–Trinajstić information content (AvgIpc) is 2.47. The molecule has 2 saturated heterocycles. The van der Waals surface area contributed by atoms with Gasteiger partial charge in [-0.3, -0.25) is 4.79 Å². The molecular weight excluding hydrogens is 256 g/mol. The van der Waals surface area contributed by atoms with Crippen LogP contribution in [0.15, 0.2) is 0 Å². The molecule has 1 amide bonds. The summed E-state index contributed by atoms with van der Waals surface area (Å²) in [5.41, 5.74) is -0.377. The number of nitrogens with zero attached hydrogens (tertiary/aromatic N) is 1. The van der Waals surface area contributed by atoms with E-state index in [9.17, 15) is 14.7 Å². The number of hydrogen-bond acceptors (Lipinski definition) is 3. The van der Waals surface area contributed by atoms with Crippen molar-refractivity contribution >= 4 is 11.9 Å². The van der Waals surface area contributed by atoms with E-state index in [-0.39, 0.29) is 11.3 Å². The molecule has 0 radical (unpaired) electrons. The molecule has 5 nitrogen and oxygen atoms in total. The second-order valence-electron chi connectivity index (χ2n) is 6.16. The van der Waals surface area contributed by atoms with Gasteiger partial charge < -0.3 is 15.3 Å². The van der Waals surface area contributed by atoms with Crippen LogP contribution in [0.1, 0.15) is 51.9 Å². The highest BCUT2D eigenvalue weighted by Crippen LogP contribution is 2.35. The quantitative estimate of drug-likeness (QED) is 0.822. The van der Waals surface area contributed by atoms with Gasteiger partial charge in [0.25, 0.3) is 0 Å². The molecule has 0 aliphatic carbocycles. The molecule has 1 unspecified atom stereocenters. The van der Waals surface area contributed by atoms with Crippen LogP contribution in [0, 0.1) is 5.41 Å². The van der Waals surface area contributed by atoms with Crippen molar-refractivity contribution in [1.82, 2.24) is 10.2 Å². The zero-order valence-corrected chi connectivity index (χ0v) is 12.4. The van der Waals surface area contributed by atoms with Crippen molar-refractivity contribution in [1.29, 1.82) is 0 Å². The zero-order valence-electron chi connectivity index (χ0n) is 12.4. The Morgan fingerprint density at radius 2 is 2.15 bits per heavy atom. The van der Waals surface area contributed by atoms with Gasteiger partial charge in [0, 0.05) is 13.1 Å². The number of aliphatic carboxylic acids is 1. The molecule has 0 aromatic rings. The van der Waals surface area contributed by atoms with E-state index in [2.05, 4.69) is 12.2 Å². The van der Waals surface area contributed by atoms with E-state index in [0.29, 0.717) is 19.5 Å². The van der Waals surface area contributed by atoms with Crippen LogP contribution in [-0.2, 0) is 9.59 Å². The topological polar surface area (TPSA) is 69.6 Å². The fourth-order valence-electron chi connectivity index (χ4n) is 3.69. The summed E-state index contributed by atoms with van der Waals surface area (Å²) in [7, 11) is 0. The van der Waals surface area contributed by atoms with Gasteiger partial charge in [-0.15, -0.1) is 0 Å². The van der Waals surface area contributed by atoms with E-state index in [4.69, 9.17) is 0 Å². The van der Waals surface area contributed by atoms with E-state index in [0.717, 1.165) is 45.1 Å². The summed E-state index contributed by atoms with van der Waals surface area (Å²) in [5, 5.41) is 12.7.